The second kappa shape index (κ2) is 31.1. The van der Waals surface area contributed by atoms with Gasteiger partial charge in [0, 0.05) is 16.2 Å². The van der Waals surface area contributed by atoms with E-state index in [1.807, 2.05) is 77.9 Å². The molecule has 0 radical (unpaired) electrons. The average Bonchev–Trinajstić information content (AvgIpc) is 1.48. The smallest absolute Gasteiger partial charge is 0.327 e. The van der Waals surface area contributed by atoms with E-state index in [0.29, 0.717) is 17.2 Å². The van der Waals surface area contributed by atoms with Gasteiger partial charge >= 0.3 is 17.9 Å². The van der Waals surface area contributed by atoms with Gasteiger partial charge in [0.1, 0.15) is 30.2 Å². The number of fused-ring (bicyclic) bond motifs is 12. The molecule has 0 aliphatic heterocycles. The summed E-state index contributed by atoms with van der Waals surface area (Å²) in [6, 6.07) is 44.8. The Morgan fingerprint density at radius 3 is 1.06 bits per heavy atom. The second-order valence-electron chi connectivity index (χ2n) is 30.4. The molecule has 2 atom stereocenters. The molecule has 0 saturated carbocycles. The number of ether oxygens (including phenoxy) is 3. The molecule has 0 heterocycles. The number of carbonyl (C=O) groups excluding carboxylic acids is 3. The van der Waals surface area contributed by atoms with E-state index in [2.05, 4.69) is 181 Å². The summed E-state index contributed by atoms with van der Waals surface area (Å²) in [5.41, 5.74) is 24.9. The quantitative estimate of drug-likeness (QED) is 0.0177. The lowest BCUT2D eigenvalue weighted by Crippen LogP contribution is -2.29. The van der Waals surface area contributed by atoms with Gasteiger partial charge in [-0.15, -0.1) is 0 Å². The summed E-state index contributed by atoms with van der Waals surface area (Å²) in [6.07, 6.45) is 27.1. The minimum absolute atomic E-state index is 0.319. The summed E-state index contributed by atoms with van der Waals surface area (Å²) in [4.78, 5) is 39.6. The van der Waals surface area contributed by atoms with Crippen molar-refractivity contribution in [2.75, 3.05) is 0 Å². The van der Waals surface area contributed by atoms with Crippen molar-refractivity contribution in [3.8, 4) is 84.0 Å². The van der Waals surface area contributed by atoms with Gasteiger partial charge in [0.05, 0.1) is 0 Å². The molecular formula is C88H107Br3O6. The Balaban J connectivity index is 1.33. The Kier molecular flexibility index (Phi) is 23.8. The van der Waals surface area contributed by atoms with Gasteiger partial charge in [0.25, 0.3) is 0 Å². The van der Waals surface area contributed by atoms with Crippen molar-refractivity contribution in [3.05, 3.63) is 160 Å². The summed E-state index contributed by atoms with van der Waals surface area (Å²) < 4.78 is 15.4. The molecule has 0 bridgehead atoms. The molecule has 0 N–H and O–H groups in total. The molecule has 0 saturated heterocycles. The molecule has 10 rings (SSSR count). The van der Waals surface area contributed by atoms with Crippen molar-refractivity contribution in [3.63, 3.8) is 0 Å². The lowest BCUT2D eigenvalue weighted by atomic mass is 9.65. The number of unbranched alkanes of at least 4 members (excludes halogenated alkanes) is 14. The van der Waals surface area contributed by atoms with Crippen LogP contribution in [0.15, 0.2) is 121 Å². The van der Waals surface area contributed by atoms with Gasteiger partial charge < -0.3 is 14.2 Å². The van der Waals surface area contributed by atoms with Crippen LogP contribution < -0.4 is 14.2 Å². The van der Waals surface area contributed by atoms with E-state index in [-0.39, 0.29) is 34.2 Å². The van der Waals surface area contributed by atoms with Crippen molar-refractivity contribution in [1.29, 1.82) is 0 Å². The Bertz CT molecular complexity index is 3920. The third kappa shape index (κ3) is 15.5. The molecule has 0 fully saturated rings. The highest BCUT2D eigenvalue weighted by Gasteiger charge is 2.56. The SMILES string of the molecule is CCCCCCC1(C)c2cc(-c3ccc(OC(=O)C(C)(C)Br)cc3)ccc2-c2c1c1c(c3c2C(CCCCCC)(CCCCCC)c2cc(-c4ccc(OC(=O)C(C)(C)Br)cc4)ccc2-3)C(C)(CCCCCC)c2cc(-c3ccc(OC(=O)C(C)(C)Br)cc3)cc(CCCCC)c2-1. The minimum atomic E-state index is -0.815. The van der Waals surface area contributed by atoms with Crippen LogP contribution in [0.1, 0.15) is 277 Å². The summed E-state index contributed by atoms with van der Waals surface area (Å²) in [5, 5.41) is 0. The van der Waals surface area contributed by atoms with E-state index >= 15 is 0 Å². The molecule has 0 spiro atoms. The first-order valence-corrected chi connectivity index (χ1v) is 39.4. The molecule has 7 aromatic carbocycles. The summed E-state index contributed by atoms with van der Waals surface area (Å²) in [6.45, 7) is 27.9. The van der Waals surface area contributed by atoms with Crippen molar-refractivity contribution >= 4 is 65.7 Å². The lowest BCUT2D eigenvalue weighted by molar-refractivity contribution is -0.136. The number of hydrogen-bond donors (Lipinski definition) is 0. The molecule has 2 unspecified atom stereocenters. The third-order valence-electron chi connectivity index (χ3n) is 21.5. The number of carbonyl (C=O) groups is 3. The predicted molar refractivity (Wildman–Crippen MR) is 417 cm³/mol. The van der Waals surface area contributed by atoms with Gasteiger partial charge in [0.15, 0.2) is 0 Å². The number of halogens is 3. The topological polar surface area (TPSA) is 78.9 Å². The number of aryl methyl sites for hydroxylation is 1. The van der Waals surface area contributed by atoms with Crippen LogP contribution in [-0.2, 0) is 37.0 Å². The van der Waals surface area contributed by atoms with E-state index in [1.54, 1.807) is 16.7 Å². The lowest BCUT2D eigenvalue weighted by Gasteiger charge is -2.38. The minimum Gasteiger partial charge on any atom is -0.426 e. The van der Waals surface area contributed by atoms with Crippen LogP contribution in [0.5, 0.6) is 17.2 Å². The van der Waals surface area contributed by atoms with Crippen molar-refractivity contribution < 1.29 is 28.6 Å². The standard InChI is InChI=1S/C88H107Br3O6/c1-14-19-24-29-50-86(12)70-55-61(58-34-42-65(43-35-58)95-80(92)83(6,7)89)40-48-68(70)74-77(86)76-73-63(33-28-23-18-5)54-64(60-38-46-67(47-39-60)97-82(94)85(10,11)91)57-72(73)87(13,51-30-25-20-15-2)78(76)75-69-49-41-62(59-36-44-66(45-37-59)96-81(93)84(8,9)90)56-71(69)88(79(74)75,52-31-26-21-16-3)53-32-27-22-17-4/h34-49,54-57H,14-33,50-53H2,1-13H3. The van der Waals surface area contributed by atoms with Gasteiger partial charge in [-0.05, 0) is 240 Å². The van der Waals surface area contributed by atoms with Crippen molar-refractivity contribution in [2.45, 2.75) is 273 Å². The number of alkyl halides is 3. The normalized spacial score (nSPS) is 16.5. The highest BCUT2D eigenvalue weighted by Crippen LogP contribution is 2.71. The largest absolute Gasteiger partial charge is 0.426 e. The Morgan fingerprint density at radius 2 is 0.670 bits per heavy atom. The first kappa shape index (κ1) is 74.1. The first-order valence-electron chi connectivity index (χ1n) is 37.1. The van der Waals surface area contributed by atoms with Crippen LogP contribution in [0.4, 0.5) is 0 Å². The van der Waals surface area contributed by atoms with Crippen LogP contribution in [-0.4, -0.2) is 30.9 Å². The highest BCUT2D eigenvalue weighted by molar-refractivity contribution is 9.10. The van der Waals surface area contributed by atoms with Gasteiger partial charge in [-0.2, -0.15) is 0 Å². The predicted octanol–water partition coefficient (Wildman–Crippen LogP) is 26.4. The van der Waals surface area contributed by atoms with Crippen molar-refractivity contribution in [1.82, 2.24) is 0 Å². The molecular weight excluding hydrogens is 1390 g/mol. The maximum atomic E-state index is 13.2. The van der Waals surface area contributed by atoms with Gasteiger partial charge in [-0.25, -0.2) is 0 Å². The molecule has 9 heteroatoms. The molecule has 0 amide bonds. The zero-order valence-corrected chi connectivity index (χ0v) is 65.4. The number of benzene rings is 7. The number of esters is 3. The maximum absolute atomic E-state index is 13.2. The van der Waals surface area contributed by atoms with E-state index < -0.39 is 13.0 Å². The van der Waals surface area contributed by atoms with E-state index in [4.69, 9.17) is 14.2 Å². The monoisotopic (exact) mass is 1500 g/mol. The second-order valence-corrected chi connectivity index (χ2v) is 36.4. The maximum Gasteiger partial charge on any atom is 0.327 e. The third-order valence-corrected chi connectivity index (χ3v) is 22.5. The van der Waals surface area contributed by atoms with Crippen LogP contribution in [0.3, 0.4) is 0 Å². The van der Waals surface area contributed by atoms with Crippen LogP contribution in [0.25, 0.3) is 66.8 Å². The van der Waals surface area contributed by atoms with E-state index in [1.165, 1.54) is 131 Å². The fourth-order valence-corrected chi connectivity index (χ4v) is 16.4. The highest BCUT2D eigenvalue weighted by atomic mass is 79.9. The molecule has 516 valence electrons. The fraction of sp³-hybridized carbons (Fsp3) is 0.489. The zero-order chi connectivity index (χ0) is 69.7. The molecule has 0 aromatic heterocycles. The fourth-order valence-electron chi connectivity index (χ4n) is 16.1. The average molecular weight is 1500 g/mol. The van der Waals surface area contributed by atoms with E-state index in [0.717, 1.165) is 112 Å². The number of hydrogen-bond acceptors (Lipinski definition) is 6. The van der Waals surface area contributed by atoms with Crippen molar-refractivity contribution in [2.24, 2.45) is 0 Å². The van der Waals surface area contributed by atoms with Gasteiger partial charge in [-0.3, -0.25) is 14.4 Å². The van der Waals surface area contributed by atoms with Crippen LogP contribution in [0.2, 0.25) is 0 Å². The van der Waals surface area contributed by atoms with Gasteiger partial charge in [0.2, 0.25) is 0 Å². The van der Waals surface area contributed by atoms with Crippen LogP contribution >= 0.6 is 47.8 Å². The summed E-state index contributed by atoms with van der Waals surface area (Å²) in [7, 11) is 0. The summed E-state index contributed by atoms with van der Waals surface area (Å²) in [5.74, 6) is 0.617. The molecule has 6 nitrogen and oxygen atoms in total. The summed E-state index contributed by atoms with van der Waals surface area (Å²) >= 11 is 10.6. The van der Waals surface area contributed by atoms with E-state index in [9.17, 15) is 14.4 Å². The Labute approximate surface area is 607 Å². The molecule has 3 aliphatic rings. The zero-order valence-electron chi connectivity index (χ0n) is 60.6. The molecule has 97 heavy (non-hydrogen) atoms. The Morgan fingerprint density at radius 1 is 0.340 bits per heavy atom. The van der Waals surface area contributed by atoms with Crippen LogP contribution in [0, 0.1) is 0 Å². The first-order chi connectivity index (χ1) is 46.3. The number of rotatable bonds is 33. The Hall–Kier alpha value is -5.61. The molecule has 7 aromatic rings. The molecule has 3 aliphatic carbocycles. The van der Waals surface area contributed by atoms with Gasteiger partial charge in [-0.1, -0.05) is 279 Å².